The highest BCUT2D eigenvalue weighted by Gasteiger charge is 2.43. The number of rotatable bonds is 5. The number of nitrogens with zero attached hydrogens (tertiary/aromatic N) is 1. The molecule has 0 aliphatic carbocycles. The van der Waals surface area contributed by atoms with Crippen LogP contribution < -0.4 is 9.47 Å². The van der Waals surface area contributed by atoms with Crippen molar-refractivity contribution in [3.63, 3.8) is 0 Å². The van der Waals surface area contributed by atoms with E-state index in [2.05, 4.69) is 19.4 Å². The third-order valence-electron chi connectivity index (χ3n) is 3.73. The number of aromatic amines is 1. The Morgan fingerprint density at radius 3 is 2.80 bits per heavy atom. The van der Waals surface area contributed by atoms with Crippen LogP contribution in [0.3, 0.4) is 0 Å². The van der Waals surface area contributed by atoms with Gasteiger partial charge in [-0.1, -0.05) is 6.07 Å². The van der Waals surface area contributed by atoms with Crippen LogP contribution in [0.1, 0.15) is 11.4 Å². The molecule has 0 atom stereocenters. The fourth-order valence-electron chi connectivity index (χ4n) is 2.61. The predicted octanol–water partition coefficient (Wildman–Crippen LogP) is 3.78. The molecular formula is C17H13F3N2O3. The Morgan fingerprint density at radius 2 is 1.92 bits per heavy atom. The minimum Gasteiger partial charge on any atom is -0.395 e. The molecule has 0 radical (unpaired) electrons. The molecule has 0 unspecified atom stereocenters. The molecule has 1 aromatic heterocycles. The van der Waals surface area contributed by atoms with Gasteiger partial charge in [0, 0.05) is 6.07 Å². The molecule has 3 aromatic rings. The number of nitrogens with one attached hydrogen (secondary N) is 1. The topological polar surface area (TPSA) is 56.4 Å². The molecule has 0 amide bonds. The lowest BCUT2D eigenvalue weighted by Gasteiger charge is -2.04. The smallest absolute Gasteiger partial charge is 0.395 e. The monoisotopic (exact) mass is 350 g/mol. The summed E-state index contributed by atoms with van der Waals surface area (Å²) in [5.41, 5.74) is 2.05. The Balaban J connectivity index is 1.32. The van der Waals surface area contributed by atoms with Gasteiger partial charge in [-0.2, -0.15) is 0 Å². The molecule has 25 heavy (non-hydrogen) atoms. The van der Waals surface area contributed by atoms with Crippen molar-refractivity contribution in [1.82, 2.24) is 9.97 Å². The first-order chi connectivity index (χ1) is 12.0. The van der Waals surface area contributed by atoms with Gasteiger partial charge in [-0.15, -0.1) is 8.78 Å². The van der Waals surface area contributed by atoms with Gasteiger partial charge in [-0.05, 0) is 36.2 Å². The summed E-state index contributed by atoms with van der Waals surface area (Å²) in [6.07, 6.45) is -3.10. The molecule has 1 N–H and O–H groups in total. The third kappa shape index (κ3) is 3.39. The zero-order chi connectivity index (χ0) is 17.4. The van der Waals surface area contributed by atoms with Gasteiger partial charge in [-0.3, -0.25) is 0 Å². The van der Waals surface area contributed by atoms with Crippen LogP contribution in [0, 0.1) is 5.82 Å². The SMILES string of the molecule is Fc1ccc2[nH]c(COCCc3ccc4c(c3)OC(F)(F)O4)nc2c1. The Bertz CT molecular complexity index is 927. The highest BCUT2D eigenvalue weighted by molar-refractivity contribution is 5.74. The molecule has 0 bridgehead atoms. The lowest BCUT2D eigenvalue weighted by molar-refractivity contribution is -0.286. The number of hydrogen-bond acceptors (Lipinski definition) is 4. The number of hydrogen-bond donors (Lipinski definition) is 1. The van der Waals surface area contributed by atoms with E-state index >= 15 is 0 Å². The summed E-state index contributed by atoms with van der Waals surface area (Å²) >= 11 is 0. The Labute approximate surface area is 140 Å². The van der Waals surface area contributed by atoms with E-state index in [1.807, 2.05) is 0 Å². The van der Waals surface area contributed by atoms with E-state index in [1.165, 1.54) is 24.3 Å². The molecule has 8 heteroatoms. The van der Waals surface area contributed by atoms with Crippen molar-refractivity contribution < 1.29 is 27.4 Å². The molecule has 0 saturated carbocycles. The van der Waals surface area contributed by atoms with Gasteiger partial charge in [0.2, 0.25) is 0 Å². The molecule has 130 valence electrons. The van der Waals surface area contributed by atoms with Crippen LogP contribution in [-0.4, -0.2) is 22.9 Å². The lowest BCUT2D eigenvalue weighted by atomic mass is 10.1. The number of fused-ring (bicyclic) bond motifs is 2. The van der Waals surface area contributed by atoms with Crippen molar-refractivity contribution >= 4 is 11.0 Å². The first-order valence-corrected chi connectivity index (χ1v) is 7.59. The van der Waals surface area contributed by atoms with Crippen molar-refractivity contribution in [2.75, 3.05) is 6.61 Å². The Hall–Kier alpha value is -2.74. The summed E-state index contributed by atoms with van der Waals surface area (Å²) in [5, 5.41) is 0. The summed E-state index contributed by atoms with van der Waals surface area (Å²) in [5.74, 6) is 0.275. The highest BCUT2D eigenvalue weighted by atomic mass is 19.3. The van der Waals surface area contributed by atoms with Gasteiger partial charge < -0.3 is 19.2 Å². The number of alkyl halides is 2. The molecule has 0 fully saturated rings. The minimum atomic E-state index is -3.61. The van der Waals surface area contributed by atoms with Gasteiger partial charge in [0.1, 0.15) is 18.2 Å². The normalized spacial score (nSPS) is 15.0. The van der Waals surface area contributed by atoms with Crippen molar-refractivity contribution in [1.29, 1.82) is 0 Å². The third-order valence-corrected chi connectivity index (χ3v) is 3.73. The zero-order valence-electron chi connectivity index (χ0n) is 12.9. The van der Waals surface area contributed by atoms with Crippen LogP contribution in [0.4, 0.5) is 13.2 Å². The molecule has 1 aliphatic heterocycles. The maximum atomic E-state index is 13.1. The van der Waals surface area contributed by atoms with Gasteiger partial charge in [-0.25, -0.2) is 9.37 Å². The fourth-order valence-corrected chi connectivity index (χ4v) is 2.61. The van der Waals surface area contributed by atoms with Crippen LogP contribution >= 0.6 is 0 Å². The number of imidazole rings is 1. The summed E-state index contributed by atoms with van der Waals surface area (Å²) in [6, 6.07) is 8.94. The average molecular weight is 350 g/mol. The maximum absolute atomic E-state index is 13.1. The summed E-state index contributed by atoms with van der Waals surface area (Å²) in [4.78, 5) is 7.28. The van der Waals surface area contributed by atoms with Crippen LogP contribution in [0.5, 0.6) is 11.5 Å². The van der Waals surface area contributed by atoms with Crippen molar-refractivity contribution in [2.45, 2.75) is 19.3 Å². The lowest BCUT2D eigenvalue weighted by Crippen LogP contribution is -2.25. The van der Waals surface area contributed by atoms with Crippen LogP contribution in [0.25, 0.3) is 11.0 Å². The second kappa shape index (κ2) is 5.96. The zero-order valence-corrected chi connectivity index (χ0v) is 12.9. The quantitative estimate of drug-likeness (QED) is 0.712. The van der Waals surface area contributed by atoms with Crippen molar-refractivity contribution in [3.8, 4) is 11.5 Å². The highest BCUT2D eigenvalue weighted by Crippen LogP contribution is 2.41. The Morgan fingerprint density at radius 1 is 1.08 bits per heavy atom. The predicted molar refractivity (Wildman–Crippen MR) is 82.1 cm³/mol. The van der Waals surface area contributed by atoms with E-state index in [0.29, 0.717) is 24.4 Å². The van der Waals surface area contributed by atoms with Crippen LogP contribution in [0.2, 0.25) is 0 Å². The summed E-state index contributed by atoms with van der Waals surface area (Å²) in [6.45, 7) is 0.598. The molecular weight excluding hydrogens is 337 g/mol. The van der Waals surface area contributed by atoms with Gasteiger partial charge in [0.15, 0.2) is 11.5 Å². The molecule has 1 aliphatic rings. The first kappa shape index (κ1) is 15.8. The number of H-pyrrole nitrogens is 1. The van der Waals surface area contributed by atoms with Crippen LogP contribution in [0.15, 0.2) is 36.4 Å². The standard InChI is InChI=1S/C17H13F3N2O3/c18-11-2-3-12-13(8-11)22-16(21-12)9-23-6-5-10-1-4-14-15(7-10)25-17(19,20)24-14/h1-4,7-8H,5-6,9H2,(H,21,22). The molecule has 2 heterocycles. The number of halogens is 3. The van der Waals surface area contributed by atoms with E-state index in [4.69, 9.17) is 4.74 Å². The number of benzene rings is 2. The second-order valence-electron chi connectivity index (χ2n) is 5.60. The number of aromatic nitrogens is 2. The number of ether oxygens (including phenoxy) is 3. The summed E-state index contributed by atoms with van der Waals surface area (Å²) < 4.78 is 53.4. The molecule has 0 saturated heterocycles. The van der Waals surface area contributed by atoms with Crippen molar-refractivity contribution in [3.05, 3.63) is 53.6 Å². The van der Waals surface area contributed by atoms with E-state index in [1.54, 1.807) is 12.1 Å². The molecule has 0 spiro atoms. The van der Waals surface area contributed by atoms with E-state index in [9.17, 15) is 13.2 Å². The van der Waals surface area contributed by atoms with Gasteiger partial charge in [0.05, 0.1) is 17.6 Å². The summed E-state index contributed by atoms with van der Waals surface area (Å²) in [7, 11) is 0. The minimum absolute atomic E-state index is 0.0156. The first-order valence-electron chi connectivity index (χ1n) is 7.59. The van der Waals surface area contributed by atoms with E-state index in [-0.39, 0.29) is 23.9 Å². The van der Waals surface area contributed by atoms with Gasteiger partial charge >= 0.3 is 6.29 Å². The molecule has 5 nitrogen and oxygen atoms in total. The largest absolute Gasteiger partial charge is 0.586 e. The van der Waals surface area contributed by atoms with Crippen molar-refractivity contribution in [2.24, 2.45) is 0 Å². The maximum Gasteiger partial charge on any atom is 0.586 e. The van der Waals surface area contributed by atoms with E-state index < -0.39 is 6.29 Å². The van der Waals surface area contributed by atoms with Gasteiger partial charge in [0.25, 0.3) is 0 Å². The fraction of sp³-hybridized carbons (Fsp3) is 0.235. The Kier molecular flexibility index (Phi) is 3.76. The van der Waals surface area contributed by atoms with E-state index in [0.717, 1.165) is 11.1 Å². The molecule has 4 rings (SSSR count). The second-order valence-corrected chi connectivity index (χ2v) is 5.60. The molecule has 2 aromatic carbocycles. The average Bonchev–Trinajstić information content (AvgIpc) is 3.08. The van der Waals surface area contributed by atoms with Crippen LogP contribution in [-0.2, 0) is 17.8 Å².